The lowest BCUT2D eigenvalue weighted by atomic mass is 10.0. The smallest absolute Gasteiger partial charge is 0.274 e. The molecule has 1 N–H and O–H groups in total. The number of nitrogens with one attached hydrogen (secondary N) is 1. The number of nitro benzene ring substituents is 1. The molecule has 1 aromatic rings. The summed E-state index contributed by atoms with van der Waals surface area (Å²) in [5.74, 6) is 0. The summed E-state index contributed by atoms with van der Waals surface area (Å²) in [4.78, 5) is 13.1. The molecule has 0 unspecified atom stereocenters. The van der Waals surface area contributed by atoms with E-state index in [1.807, 2.05) is 19.1 Å². The molecule has 5 nitrogen and oxygen atoms in total. The molecule has 1 heterocycles. The molecule has 0 aromatic heterocycles. The molecule has 1 aliphatic heterocycles. The van der Waals surface area contributed by atoms with E-state index >= 15 is 0 Å². The molecule has 2 rings (SSSR count). The van der Waals surface area contributed by atoms with Gasteiger partial charge in [0.1, 0.15) is 0 Å². The van der Waals surface area contributed by atoms with Crippen molar-refractivity contribution in [2.24, 2.45) is 0 Å². The number of anilines is 1. The molecule has 0 atom stereocenters. The predicted molar refractivity (Wildman–Crippen MR) is 76.6 cm³/mol. The second-order valence-electron chi connectivity index (χ2n) is 5.18. The molecule has 0 aliphatic carbocycles. The van der Waals surface area contributed by atoms with Crippen LogP contribution in [-0.2, 0) is 6.42 Å². The number of benzene rings is 1. The second-order valence-corrected chi connectivity index (χ2v) is 5.18. The van der Waals surface area contributed by atoms with Gasteiger partial charge in [-0.25, -0.2) is 0 Å². The van der Waals surface area contributed by atoms with Crippen molar-refractivity contribution in [3.63, 3.8) is 0 Å². The van der Waals surface area contributed by atoms with E-state index in [2.05, 4.69) is 17.3 Å². The summed E-state index contributed by atoms with van der Waals surface area (Å²) < 4.78 is 0. The van der Waals surface area contributed by atoms with Gasteiger partial charge in [0.25, 0.3) is 5.69 Å². The Balaban J connectivity index is 2.08. The van der Waals surface area contributed by atoms with Crippen molar-refractivity contribution in [3.8, 4) is 0 Å². The Labute approximate surface area is 113 Å². The summed E-state index contributed by atoms with van der Waals surface area (Å²) >= 11 is 0. The Bertz CT molecular complexity index is 454. The minimum atomic E-state index is -0.293. The average Bonchev–Trinajstić information content (AvgIpc) is 2.41. The molecular formula is C14H21N3O2. The van der Waals surface area contributed by atoms with Crippen LogP contribution in [0.3, 0.4) is 0 Å². The monoisotopic (exact) mass is 263 g/mol. The van der Waals surface area contributed by atoms with Crippen LogP contribution < -0.4 is 5.32 Å². The highest BCUT2D eigenvalue weighted by molar-refractivity contribution is 5.55. The molecule has 1 aromatic carbocycles. The van der Waals surface area contributed by atoms with Crippen molar-refractivity contribution in [2.45, 2.75) is 32.2 Å². The normalized spacial score (nSPS) is 17.4. The quantitative estimate of drug-likeness (QED) is 0.670. The molecule has 1 aliphatic rings. The molecule has 0 saturated carbocycles. The zero-order chi connectivity index (χ0) is 13.8. The van der Waals surface area contributed by atoms with Crippen LogP contribution >= 0.6 is 0 Å². The Morgan fingerprint density at radius 1 is 1.42 bits per heavy atom. The van der Waals surface area contributed by atoms with Gasteiger partial charge in [0.05, 0.1) is 4.92 Å². The van der Waals surface area contributed by atoms with Crippen LogP contribution in [0.1, 0.15) is 25.3 Å². The summed E-state index contributed by atoms with van der Waals surface area (Å²) in [7, 11) is 2.12. The van der Waals surface area contributed by atoms with Gasteiger partial charge < -0.3 is 10.2 Å². The molecule has 0 bridgehead atoms. The highest BCUT2D eigenvalue weighted by Gasteiger charge is 2.18. The van der Waals surface area contributed by atoms with E-state index in [1.54, 1.807) is 6.07 Å². The fraction of sp³-hybridized carbons (Fsp3) is 0.571. The van der Waals surface area contributed by atoms with Crippen molar-refractivity contribution < 1.29 is 4.92 Å². The molecular weight excluding hydrogens is 242 g/mol. The van der Waals surface area contributed by atoms with Gasteiger partial charge in [-0.1, -0.05) is 13.0 Å². The average molecular weight is 263 g/mol. The lowest BCUT2D eigenvalue weighted by molar-refractivity contribution is -0.385. The van der Waals surface area contributed by atoms with Crippen LogP contribution in [-0.4, -0.2) is 36.0 Å². The SMILES string of the molecule is CCc1ccc(NC2CCN(C)CC2)cc1[N+](=O)[O-]. The Hall–Kier alpha value is -1.62. The van der Waals surface area contributed by atoms with E-state index in [0.29, 0.717) is 12.5 Å². The number of nitro groups is 1. The van der Waals surface area contributed by atoms with Crippen LogP contribution in [0.2, 0.25) is 0 Å². The first kappa shape index (κ1) is 13.8. The van der Waals surface area contributed by atoms with E-state index in [9.17, 15) is 10.1 Å². The lowest BCUT2D eigenvalue weighted by Crippen LogP contribution is -2.36. The number of piperidine rings is 1. The standard InChI is InChI=1S/C14H21N3O2/c1-3-11-4-5-13(10-14(11)17(18)19)15-12-6-8-16(2)9-7-12/h4-5,10,12,15H,3,6-9H2,1-2H3. The molecule has 1 saturated heterocycles. The molecule has 5 heteroatoms. The van der Waals surface area contributed by atoms with Crippen LogP contribution in [0.5, 0.6) is 0 Å². The largest absolute Gasteiger partial charge is 0.382 e. The van der Waals surface area contributed by atoms with E-state index in [-0.39, 0.29) is 10.6 Å². The Morgan fingerprint density at radius 3 is 2.68 bits per heavy atom. The fourth-order valence-corrected chi connectivity index (χ4v) is 2.51. The van der Waals surface area contributed by atoms with E-state index in [4.69, 9.17) is 0 Å². The fourth-order valence-electron chi connectivity index (χ4n) is 2.51. The highest BCUT2D eigenvalue weighted by Crippen LogP contribution is 2.25. The van der Waals surface area contributed by atoms with E-state index in [0.717, 1.165) is 37.2 Å². The molecule has 1 fully saturated rings. The maximum absolute atomic E-state index is 11.0. The molecule has 104 valence electrons. The number of likely N-dealkylation sites (tertiary alicyclic amines) is 1. The van der Waals surface area contributed by atoms with Crippen LogP contribution in [0.25, 0.3) is 0 Å². The first-order chi connectivity index (χ1) is 9.10. The van der Waals surface area contributed by atoms with Gasteiger partial charge in [0.2, 0.25) is 0 Å². The number of aryl methyl sites for hydroxylation is 1. The molecule has 19 heavy (non-hydrogen) atoms. The summed E-state index contributed by atoms with van der Waals surface area (Å²) in [6, 6.07) is 5.89. The summed E-state index contributed by atoms with van der Waals surface area (Å²) in [6.07, 6.45) is 2.85. The number of nitrogens with zero attached hydrogens (tertiary/aromatic N) is 2. The minimum absolute atomic E-state index is 0.223. The van der Waals surface area contributed by atoms with Gasteiger partial charge in [-0.05, 0) is 45.5 Å². The van der Waals surface area contributed by atoms with Gasteiger partial charge in [0, 0.05) is 23.4 Å². The van der Waals surface area contributed by atoms with E-state index < -0.39 is 0 Å². The maximum Gasteiger partial charge on any atom is 0.274 e. The Morgan fingerprint density at radius 2 is 2.11 bits per heavy atom. The summed E-state index contributed by atoms with van der Waals surface area (Å²) in [6.45, 7) is 4.09. The molecule has 0 amide bonds. The van der Waals surface area contributed by atoms with Gasteiger partial charge in [-0.2, -0.15) is 0 Å². The van der Waals surface area contributed by atoms with Gasteiger partial charge in [-0.15, -0.1) is 0 Å². The summed E-state index contributed by atoms with van der Waals surface area (Å²) in [5, 5.41) is 14.5. The first-order valence-corrected chi connectivity index (χ1v) is 6.82. The number of hydrogen-bond donors (Lipinski definition) is 1. The van der Waals surface area contributed by atoms with Crippen molar-refractivity contribution in [3.05, 3.63) is 33.9 Å². The van der Waals surface area contributed by atoms with Gasteiger partial charge in [0.15, 0.2) is 0 Å². The summed E-state index contributed by atoms with van der Waals surface area (Å²) in [5.41, 5.74) is 1.87. The predicted octanol–water partition coefficient (Wildman–Crippen LogP) is 2.66. The van der Waals surface area contributed by atoms with E-state index in [1.165, 1.54) is 0 Å². The minimum Gasteiger partial charge on any atom is -0.382 e. The van der Waals surface area contributed by atoms with Crippen molar-refractivity contribution in [1.82, 2.24) is 4.90 Å². The Kier molecular flexibility index (Phi) is 4.37. The van der Waals surface area contributed by atoms with Crippen molar-refractivity contribution in [2.75, 3.05) is 25.5 Å². The van der Waals surface area contributed by atoms with Crippen molar-refractivity contribution >= 4 is 11.4 Å². The third-order valence-electron chi connectivity index (χ3n) is 3.75. The molecule has 0 radical (unpaired) electrons. The topological polar surface area (TPSA) is 58.4 Å². The lowest BCUT2D eigenvalue weighted by Gasteiger charge is -2.30. The second kappa shape index (κ2) is 6.02. The van der Waals surface area contributed by atoms with Gasteiger partial charge >= 0.3 is 0 Å². The zero-order valence-electron chi connectivity index (χ0n) is 11.6. The van der Waals surface area contributed by atoms with Crippen molar-refractivity contribution in [1.29, 1.82) is 0 Å². The first-order valence-electron chi connectivity index (χ1n) is 6.82. The number of hydrogen-bond acceptors (Lipinski definition) is 4. The number of rotatable bonds is 4. The van der Waals surface area contributed by atoms with Crippen LogP contribution in [0.15, 0.2) is 18.2 Å². The third kappa shape index (κ3) is 3.44. The van der Waals surface area contributed by atoms with Crippen LogP contribution in [0.4, 0.5) is 11.4 Å². The van der Waals surface area contributed by atoms with Crippen LogP contribution in [0, 0.1) is 10.1 Å². The highest BCUT2D eigenvalue weighted by atomic mass is 16.6. The third-order valence-corrected chi connectivity index (χ3v) is 3.75. The van der Waals surface area contributed by atoms with Gasteiger partial charge in [-0.3, -0.25) is 10.1 Å². The molecule has 0 spiro atoms. The zero-order valence-corrected chi connectivity index (χ0v) is 11.6. The maximum atomic E-state index is 11.0.